The highest BCUT2D eigenvalue weighted by Crippen LogP contribution is 2.44. The van der Waals surface area contributed by atoms with Crippen LogP contribution in [0, 0.1) is 0 Å². The zero-order chi connectivity index (χ0) is 12.4. The fourth-order valence-electron chi connectivity index (χ4n) is 3.09. The van der Waals surface area contributed by atoms with Gasteiger partial charge in [0.05, 0.1) is 17.1 Å². The number of para-hydroxylation sites is 2. The first-order chi connectivity index (χ1) is 9.42. The molecular weight excluding hydrogens is 232 g/mol. The molecule has 0 atom stereocenters. The molecule has 3 aromatic rings. The van der Waals surface area contributed by atoms with Crippen molar-refractivity contribution >= 4 is 34.0 Å². The number of rotatable bonds is 0. The highest BCUT2D eigenvalue weighted by Gasteiger charge is 2.30. The zero-order valence-electron chi connectivity index (χ0n) is 10.1. The Kier molecular flexibility index (Phi) is 1.49. The first-order valence-corrected chi connectivity index (χ1v) is 6.43. The number of benzene rings is 2. The number of aromatic amines is 1. The summed E-state index contributed by atoms with van der Waals surface area (Å²) in [6.45, 7) is 0. The van der Waals surface area contributed by atoms with Crippen LogP contribution in [-0.4, -0.2) is 10.7 Å². The highest BCUT2D eigenvalue weighted by molar-refractivity contribution is 6.44. The topological polar surface area (TPSA) is 28.1 Å². The lowest BCUT2D eigenvalue weighted by molar-refractivity contribution is 1.42. The Hall–Kier alpha value is -2.61. The van der Waals surface area contributed by atoms with Crippen LogP contribution in [0.2, 0.25) is 0 Å². The summed E-state index contributed by atoms with van der Waals surface area (Å²) in [7, 11) is 0. The number of nitrogens with zero attached hydrogens (tertiary/aromatic N) is 1. The second-order valence-electron chi connectivity index (χ2n) is 4.99. The largest absolute Gasteiger partial charge is 0.353 e. The third kappa shape index (κ3) is 1.04. The fraction of sp³-hybridized carbons (Fsp3) is 0. The smallest absolute Gasteiger partial charge is 0.0957 e. The van der Waals surface area contributed by atoms with Crippen molar-refractivity contribution in [3.8, 4) is 0 Å². The van der Waals surface area contributed by atoms with Gasteiger partial charge in [-0.15, -0.1) is 0 Å². The van der Waals surface area contributed by atoms with Gasteiger partial charge in [0.25, 0.3) is 0 Å². The van der Waals surface area contributed by atoms with Crippen molar-refractivity contribution in [3.63, 3.8) is 0 Å². The van der Waals surface area contributed by atoms with Crippen LogP contribution in [0.5, 0.6) is 0 Å². The zero-order valence-corrected chi connectivity index (χ0v) is 10.1. The van der Waals surface area contributed by atoms with Crippen LogP contribution >= 0.6 is 0 Å². The minimum absolute atomic E-state index is 1.08. The highest BCUT2D eigenvalue weighted by atomic mass is 14.9. The summed E-state index contributed by atoms with van der Waals surface area (Å²) in [4.78, 5) is 8.27. The maximum absolute atomic E-state index is 4.77. The molecule has 19 heavy (non-hydrogen) atoms. The van der Waals surface area contributed by atoms with Crippen LogP contribution in [0.25, 0.3) is 22.6 Å². The second-order valence-corrected chi connectivity index (χ2v) is 4.99. The van der Waals surface area contributed by atoms with Crippen LogP contribution < -0.4 is 0 Å². The predicted molar refractivity (Wildman–Crippen MR) is 78.8 cm³/mol. The van der Waals surface area contributed by atoms with E-state index in [1.165, 1.54) is 27.6 Å². The number of nitrogens with one attached hydrogen (secondary N) is 1. The van der Waals surface area contributed by atoms with Gasteiger partial charge in [-0.2, -0.15) is 0 Å². The van der Waals surface area contributed by atoms with Gasteiger partial charge in [0.15, 0.2) is 0 Å². The Bertz CT molecular complexity index is 910. The van der Waals surface area contributed by atoms with Gasteiger partial charge in [-0.05, 0) is 18.2 Å². The molecule has 2 heteroatoms. The molecule has 0 bridgehead atoms. The van der Waals surface area contributed by atoms with E-state index in [4.69, 9.17) is 4.99 Å². The van der Waals surface area contributed by atoms with E-state index >= 15 is 0 Å². The minimum atomic E-state index is 1.08. The van der Waals surface area contributed by atoms with E-state index in [-0.39, 0.29) is 0 Å². The molecule has 2 nitrogen and oxygen atoms in total. The Labute approximate surface area is 110 Å². The van der Waals surface area contributed by atoms with Gasteiger partial charge >= 0.3 is 0 Å². The first kappa shape index (κ1) is 9.34. The molecule has 1 N–H and O–H groups in total. The number of aliphatic imine (C=N–C) groups is 1. The number of H-pyrrole nitrogens is 1. The van der Waals surface area contributed by atoms with Crippen LogP contribution in [-0.2, 0) is 0 Å². The third-order valence-electron chi connectivity index (χ3n) is 3.95. The van der Waals surface area contributed by atoms with Gasteiger partial charge in [-0.1, -0.05) is 36.4 Å². The van der Waals surface area contributed by atoms with Crippen LogP contribution in [0.1, 0.15) is 16.8 Å². The third-order valence-corrected chi connectivity index (χ3v) is 3.95. The van der Waals surface area contributed by atoms with E-state index in [0.29, 0.717) is 0 Å². The first-order valence-electron chi connectivity index (χ1n) is 6.43. The van der Waals surface area contributed by atoms with E-state index in [1.807, 2.05) is 6.07 Å². The van der Waals surface area contributed by atoms with Gasteiger partial charge in [-0.25, -0.2) is 4.99 Å². The van der Waals surface area contributed by atoms with Gasteiger partial charge in [0.1, 0.15) is 0 Å². The quantitative estimate of drug-likeness (QED) is 0.613. The molecule has 0 saturated carbocycles. The van der Waals surface area contributed by atoms with E-state index in [0.717, 1.165) is 17.1 Å². The summed E-state index contributed by atoms with van der Waals surface area (Å²) in [5.41, 5.74) is 8.28. The lowest BCUT2D eigenvalue weighted by atomic mass is 10.1. The van der Waals surface area contributed by atoms with Crippen molar-refractivity contribution in [2.75, 3.05) is 0 Å². The Balaban J connectivity index is 1.87. The van der Waals surface area contributed by atoms with E-state index < -0.39 is 0 Å². The van der Waals surface area contributed by atoms with Crippen molar-refractivity contribution in [3.05, 3.63) is 65.4 Å². The molecule has 0 unspecified atom stereocenters. The summed E-state index contributed by atoms with van der Waals surface area (Å²) < 4.78 is 0. The maximum atomic E-state index is 4.77. The van der Waals surface area contributed by atoms with E-state index in [1.54, 1.807) is 0 Å². The Morgan fingerprint density at radius 2 is 1.74 bits per heavy atom. The van der Waals surface area contributed by atoms with Crippen molar-refractivity contribution in [1.29, 1.82) is 0 Å². The molecule has 0 amide bonds. The second kappa shape index (κ2) is 3.04. The number of aromatic nitrogens is 1. The van der Waals surface area contributed by atoms with Gasteiger partial charge < -0.3 is 4.98 Å². The molecule has 2 heterocycles. The molecular formula is C17H10N2. The molecule has 88 valence electrons. The number of allylic oxidation sites excluding steroid dienone is 1. The Morgan fingerprint density at radius 1 is 0.895 bits per heavy atom. The summed E-state index contributed by atoms with van der Waals surface area (Å²) in [5, 5.41) is 1.28. The molecule has 2 aliphatic rings. The standard InChI is InChI=1S/C17H10N2/c1-3-7-14-10(5-1)12-9-13-11-6-2-4-8-15(11)19-17(13)16(12)18-14/h1-9,18H. The van der Waals surface area contributed by atoms with Crippen molar-refractivity contribution in [2.24, 2.45) is 4.99 Å². The average molecular weight is 242 g/mol. The van der Waals surface area contributed by atoms with Gasteiger partial charge in [-0.3, -0.25) is 0 Å². The number of hydrogen-bond acceptors (Lipinski definition) is 1. The normalized spacial score (nSPS) is 14.9. The monoisotopic (exact) mass is 242 g/mol. The van der Waals surface area contributed by atoms with Crippen molar-refractivity contribution in [2.45, 2.75) is 0 Å². The van der Waals surface area contributed by atoms with Crippen LogP contribution in [0.15, 0.2) is 53.5 Å². The molecule has 1 aliphatic heterocycles. The van der Waals surface area contributed by atoms with Gasteiger partial charge in [0, 0.05) is 27.6 Å². The lowest BCUT2D eigenvalue weighted by Crippen LogP contribution is -1.95. The molecule has 0 radical (unpaired) electrons. The molecule has 0 saturated heterocycles. The average Bonchev–Trinajstić information content (AvgIpc) is 3.07. The van der Waals surface area contributed by atoms with Crippen molar-refractivity contribution in [1.82, 2.24) is 4.98 Å². The summed E-state index contributed by atoms with van der Waals surface area (Å²) in [5.74, 6) is 0. The maximum Gasteiger partial charge on any atom is 0.0957 e. The summed E-state index contributed by atoms with van der Waals surface area (Å²) in [6.07, 6.45) is 2.26. The van der Waals surface area contributed by atoms with E-state index in [2.05, 4.69) is 53.5 Å². The van der Waals surface area contributed by atoms with Crippen LogP contribution in [0.3, 0.4) is 0 Å². The summed E-state index contributed by atoms with van der Waals surface area (Å²) >= 11 is 0. The molecule has 2 aromatic carbocycles. The molecule has 0 fully saturated rings. The SMILES string of the molecule is C1=C2C(=Nc3ccccc32)c2[nH]c3ccccc3c21. The predicted octanol–water partition coefficient (Wildman–Crippen LogP) is 4.16. The van der Waals surface area contributed by atoms with Crippen LogP contribution in [0.4, 0.5) is 5.69 Å². The number of fused-ring (bicyclic) bond motifs is 7. The lowest BCUT2D eigenvalue weighted by Gasteiger charge is -1.97. The number of hydrogen-bond donors (Lipinski definition) is 1. The molecule has 1 aromatic heterocycles. The molecule has 0 spiro atoms. The molecule has 5 rings (SSSR count). The Morgan fingerprint density at radius 3 is 2.74 bits per heavy atom. The van der Waals surface area contributed by atoms with Gasteiger partial charge in [0.2, 0.25) is 0 Å². The minimum Gasteiger partial charge on any atom is -0.353 e. The summed E-state index contributed by atoms with van der Waals surface area (Å²) in [6, 6.07) is 16.7. The van der Waals surface area contributed by atoms with Crippen molar-refractivity contribution < 1.29 is 0 Å². The molecule has 1 aliphatic carbocycles. The van der Waals surface area contributed by atoms with E-state index in [9.17, 15) is 0 Å². The fourth-order valence-corrected chi connectivity index (χ4v) is 3.09.